The Morgan fingerprint density at radius 2 is 1.83 bits per heavy atom. The van der Waals surface area contributed by atoms with E-state index in [-0.39, 0.29) is 28.2 Å². The van der Waals surface area contributed by atoms with Crippen LogP contribution < -0.4 is 10.9 Å². The third kappa shape index (κ3) is 3.73. The highest BCUT2D eigenvalue weighted by molar-refractivity contribution is 7.89. The van der Waals surface area contributed by atoms with Crippen LogP contribution in [0.2, 0.25) is 0 Å². The summed E-state index contributed by atoms with van der Waals surface area (Å²) in [5.74, 6) is -0.130. The molecule has 4 rings (SSSR count). The molecule has 2 aliphatic rings. The van der Waals surface area contributed by atoms with Crippen molar-refractivity contribution < 1.29 is 13.2 Å². The van der Waals surface area contributed by atoms with Crippen molar-refractivity contribution in [2.75, 3.05) is 18.4 Å². The lowest BCUT2D eigenvalue weighted by Gasteiger charge is -2.42. The molecule has 1 aromatic carbocycles. The largest absolute Gasteiger partial charge is 0.326 e. The number of rotatable bonds is 4. The molecule has 2 aliphatic heterocycles. The number of aromatic nitrogens is 1. The fourth-order valence-electron chi connectivity index (χ4n) is 4.58. The maximum absolute atomic E-state index is 13.3. The predicted molar refractivity (Wildman–Crippen MR) is 116 cm³/mol. The Labute approximate surface area is 176 Å². The normalized spacial score (nSPS) is 21.4. The van der Waals surface area contributed by atoms with Crippen LogP contribution in [-0.2, 0) is 21.4 Å². The molecule has 0 saturated carbocycles. The Morgan fingerprint density at radius 1 is 1.10 bits per heavy atom. The number of piperidine rings is 1. The molecule has 1 aromatic heterocycles. The molecule has 2 atom stereocenters. The third-order valence-electron chi connectivity index (χ3n) is 5.75. The van der Waals surface area contributed by atoms with E-state index >= 15 is 0 Å². The molecule has 2 unspecified atom stereocenters. The molecule has 2 bridgehead atoms. The second-order valence-corrected chi connectivity index (χ2v) is 9.89. The second-order valence-electron chi connectivity index (χ2n) is 7.95. The van der Waals surface area contributed by atoms with Gasteiger partial charge in [-0.25, -0.2) is 8.42 Å². The molecule has 1 fully saturated rings. The van der Waals surface area contributed by atoms with E-state index in [1.54, 1.807) is 22.5 Å². The van der Waals surface area contributed by atoms with Crippen molar-refractivity contribution in [3.8, 4) is 0 Å². The first-order valence-corrected chi connectivity index (χ1v) is 11.5. The summed E-state index contributed by atoms with van der Waals surface area (Å²) in [4.78, 5) is 23.8. The molecule has 0 aliphatic carbocycles. The van der Waals surface area contributed by atoms with Crippen LogP contribution in [-0.4, -0.2) is 36.3 Å². The molecule has 30 heavy (non-hydrogen) atoms. The summed E-state index contributed by atoms with van der Waals surface area (Å²) in [6.45, 7) is 4.61. The molecule has 0 radical (unpaired) electrons. The summed E-state index contributed by atoms with van der Waals surface area (Å²) in [5, 5.41) is 2.64. The Hall–Kier alpha value is -2.71. The van der Waals surface area contributed by atoms with Crippen LogP contribution in [0.1, 0.15) is 37.4 Å². The van der Waals surface area contributed by atoms with E-state index < -0.39 is 10.0 Å². The summed E-state index contributed by atoms with van der Waals surface area (Å²) in [6.07, 6.45) is 4.78. The molecule has 3 heterocycles. The quantitative estimate of drug-likeness (QED) is 0.813. The van der Waals surface area contributed by atoms with Gasteiger partial charge in [-0.05, 0) is 55.2 Å². The molecule has 1 amide bonds. The molecular formula is C22H25N3O4S. The summed E-state index contributed by atoms with van der Waals surface area (Å²) in [7, 11) is -3.67. The van der Waals surface area contributed by atoms with Gasteiger partial charge < -0.3 is 9.88 Å². The fraction of sp³-hybridized carbons (Fsp3) is 0.364. The number of amides is 1. The van der Waals surface area contributed by atoms with Crippen molar-refractivity contribution in [2.45, 2.75) is 37.6 Å². The number of carbonyl (C=O) groups is 1. The van der Waals surface area contributed by atoms with Crippen LogP contribution in [0.25, 0.3) is 6.08 Å². The highest BCUT2D eigenvalue weighted by Gasteiger charge is 2.40. The first-order valence-electron chi connectivity index (χ1n) is 10.0. The zero-order valence-electron chi connectivity index (χ0n) is 17.0. The summed E-state index contributed by atoms with van der Waals surface area (Å²) in [6, 6.07) is 9.65. The van der Waals surface area contributed by atoms with Crippen molar-refractivity contribution in [2.24, 2.45) is 5.92 Å². The monoisotopic (exact) mass is 427 g/mol. The lowest BCUT2D eigenvalue weighted by atomic mass is 9.82. The van der Waals surface area contributed by atoms with Crippen LogP contribution in [0, 0.1) is 5.92 Å². The number of hydrogen-bond acceptors (Lipinski definition) is 4. The predicted octanol–water partition coefficient (Wildman–Crippen LogP) is 2.65. The summed E-state index contributed by atoms with van der Waals surface area (Å²) in [5.41, 5.74) is 2.43. The number of fused-ring (bicyclic) bond motifs is 4. The van der Waals surface area contributed by atoms with Gasteiger partial charge in [0.1, 0.15) is 0 Å². The average Bonchev–Trinajstić information content (AvgIpc) is 2.70. The molecule has 1 N–H and O–H groups in total. The highest BCUT2D eigenvalue weighted by atomic mass is 32.2. The Balaban J connectivity index is 1.66. The van der Waals surface area contributed by atoms with Crippen LogP contribution in [0.5, 0.6) is 0 Å². The van der Waals surface area contributed by atoms with Crippen molar-refractivity contribution in [3.05, 3.63) is 64.1 Å². The lowest BCUT2D eigenvalue weighted by Crippen LogP contribution is -2.49. The molecule has 2 aromatic rings. The number of pyridine rings is 1. The van der Waals surface area contributed by atoms with Crippen molar-refractivity contribution >= 4 is 27.7 Å². The molecule has 7 nitrogen and oxygen atoms in total. The van der Waals surface area contributed by atoms with Gasteiger partial charge in [0.25, 0.3) is 5.56 Å². The van der Waals surface area contributed by atoms with E-state index in [1.807, 2.05) is 29.7 Å². The zero-order valence-corrected chi connectivity index (χ0v) is 17.9. The first kappa shape index (κ1) is 20.6. The van der Waals surface area contributed by atoms with Gasteiger partial charge in [0.2, 0.25) is 15.9 Å². The van der Waals surface area contributed by atoms with Crippen molar-refractivity contribution in [3.63, 3.8) is 0 Å². The van der Waals surface area contributed by atoms with Gasteiger partial charge in [-0.2, -0.15) is 4.31 Å². The lowest BCUT2D eigenvalue weighted by molar-refractivity contribution is -0.114. The standard InChI is InChI=1S/C22H25N3O4S/c1-3-4-17-5-10-21(27)25-13-16-11-18(22(17)25)14-24(12-16)30(28,29)20-8-6-19(7-9-20)23-15(2)26/h3-10,16,18H,11-14H2,1-2H3,(H,23,26). The Kier molecular flexibility index (Phi) is 5.38. The van der Waals surface area contributed by atoms with Crippen LogP contribution in [0.15, 0.2) is 52.2 Å². The van der Waals surface area contributed by atoms with E-state index in [1.165, 1.54) is 19.1 Å². The van der Waals surface area contributed by atoms with Crippen molar-refractivity contribution in [1.82, 2.24) is 8.87 Å². The number of hydrogen-bond donors (Lipinski definition) is 1. The van der Waals surface area contributed by atoms with Gasteiger partial charge in [0, 0.05) is 49.9 Å². The van der Waals surface area contributed by atoms with Gasteiger partial charge in [-0.1, -0.05) is 12.2 Å². The van der Waals surface area contributed by atoms with Gasteiger partial charge >= 0.3 is 0 Å². The number of benzene rings is 1. The van der Waals surface area contributed by atoms with Gasteiger partial charge in [0.05, 0.1) is 4.90 Å². The first-order chi connectivity index (χ1) is 14.3. The maximum atomic E-state index is 13.3. The van der Waals surface area contributed by atoms with Gasteiger partial charge in [-0.3, -0.25) is 9.59 Å². The van der Waals surface area contributed by atoms with E-state index in [0.717, 1.165) is 17.7 Å². The molecule has 0 spiro atoms. The minimum absolute atomic E-state index is 0.0222. The molecular weight excluding hydrogens is 402 g/mol. The molecule has 158 valence electrons. The van der Waals surface area contributed by atoms with E-state index in [4.69, 9.17) is 0 Å². The SMILES string of the molecule is CC=Cc1ccc(=O)n2c1C1CC(CN(S(=O)(=O)c3ccc(NC(C)=O)cc3)C1)C2. The highest BCUT2D eigenvalue weighted by Crippen LogP contribution is 2.39. The van der Waals surface area contributed by atoms with E-state index in [9.17, 15) is 18.0 Å². The minimum Gasteiger partial charge on any atom is -0.326 e. The smallest absolute Gasteiger partial charge is 0.250 e. The average molecular weight is 428 g/mol. The topological polar surface area (TPSA) is 88.5 Å². The number of nitrogens with zero attached hydrogens (tertiary/aromatic N) is 2. The van der Waals surface area contributed by atoms with Crippen LogP contribution >= 0.6 is 0 Å². The Bertz CT molecular complexity index is 1170. The van der Waals surface area contributed by atoms with Crippen LogP contribution in [0.3, 0.4) is 0 Å². The number of allylic oxidation sites excluding steroid dienone is 1. The molecule has 1 saturated heterocycles. The fourth-order valence-corrected chi connectivity index (χ4v) is 6.14. The molecule has 8 heteroatoms. The third-order valence-corrected chi connectivity index (χ3v) is 7.59. The number of nitrogens with one attached hydrogen (secondary N) is 1. The number of anilines is 1. The minimum atomic E-state index is -3.67. The maximum Gasteiger partial charge on any atom is 0.250 e. The van der Waals surface area contributed by atoms with Gasteiger partial charge in [0.15, 0.2) is 0 Å². The second kappa shape index (κ2) is 7.85. The number of carbonyl (C=O) groups excluding carboxylic acids is 1. The number of sulfonamides is 1. The summed E-state index contributed by atoms with van der Waals surface area (Å²) < 4.78 is 30.0. The van der Waals surface area contributed by atoms with Crippen LogP contribution in [0.4, 0.5) is 5.69 Å². The van der Waals surface area contributed by atoms with Crippen molar-refractivity contribution in [1.29, 1.82) is 0 Å². The Morgan fingerprint density at radius 3 is 2.50 bits per heavy atom. The summed E-state index contributed by atoms with van der Waals surface area (Å²) >= 11 is 0. The zero-order chi connectivity index (χ0) is 21.5. The van der Waals surface area contributed by atoms with E-state index in [2.05, 4.69) is 5.32 Å². The van der Waals surface area contributed by atoms with Gasteiger partial charge in [-0.15, -0.1) is 0 Å². The van der Waals surface area contributed by atoms with E-state index in [0.29, 0.717) is 25.3 Å².